The summed E-state index contributed by atoms with van der Waals surface area (Å²) >= 11 is 0. The van der Waals surface area contributed by atoms with Crippen molar-refractivity contribution < 1.29 is 20.1 Å². The number of aryl methyl sites for hydroxylation is 1. The largest absolute Gasteiger partial charge is 0.504 e. The molecule has 5 nitrogen and oxygen atoms in total. The molecule has 164 valence electrons. The fourth-order valence-corrected chi connectivity index (χ4v) is 7.41. The lowest BCUT2D eigenvalue weighted by Gasteiger charge is -2.62. The van der Waals surface area contributed by atoms with Crippen molar-refractivity contribution in [2.45, 2.75) is 55.8 Å². The molecule has 1 saturated heterocycles. The molecule has 6 rings (SSSR count). The van der Waals surface area contributed by atoms with E-state index in [1.807, 2.05) is 24.3 Å². The molecule has 0 amide bonds. The number of aliphatic hydroxyl groups excluding tert-OH is 2. The quantitative estimate of drug-likeness (QED) is 0.708. The van der Waals surface area contributed by atoms with Crippen LogP contribution in [0, 0.1) is 11.3 Å². The van der Waals surface area contributed by atoms with Gasteiger partial charge in [-0.1, -0.05) is 36.4 Å². The highest BCUT2D eigenvalue weighted by atomic mass is 16.5. The van der Waals surface area contributed by atoms with Gasteiger partial charge in [0.1, 0.15) is 6.10 Å². The minimum Gasteiger partial charge on any atom is -0.504 e. The summed E-state index contributed by atoms with van der Waals surface area (Å²) in [6.07, 6.45) is 2.95. The topological polar surface area (TPSA) is 73.2 Å². The molecule has 5 heteroatoms. The van der Waals surface area contributed by atoms with Crippen LogP contribution in [0.1, 0.15) is 36.0 Å². The van der Waals surface area contributed by atoms with Crippen LogP contribution in [0.5, 0.6) is 11.5 Å². The van der Waals surface area contributed by atoms with Crippen molar-refractivity contribution in [2.75, 3.05) is 20.2 Å². The lowest BCUT2D eigenvalue weighted by atomic mass is 9.46. The second-order valence-electron chi connectivity index (χ2n) is 10.3. The Morgan fingerprint density at radius 2 is 1.97 bits per heavy atom. The summed E-state index contributed by atoms with van der Waals surface area (Å²) in [5.41, 5.74) is 2.72. The first-order valence-corrected chi connectivity index (χ1v) is 11.6. The molecule has 1 saturated carbocycles. The normalized spacial score (nSPS) is 37.9. The lowest BCUT2D eigenvalue weighted by Crippen LogP contribution is -2.71. The molecular formula is C26H31NO4. The Morgan fingerprint density at radius 3 is 2.74 bits per heavy atom. The number of hydrogen-bond acceptors (Lipinski definition) is 5. The number of aromatic hydroxyl groups is 1. The lowest BCUT2D eigenvalue weighted by molar-refractivity contribution is -0.178. The molecular weight excluding hydrogens is 390 g/mol. The number of phenolic OH excluding ortho intramolecular Hbond substituents is 1. The summed E-state index contributed by atoms with van der Waals surface area (Å²) in [7, 11) is 2.20. The van der Waals surface area contributed by atoms with Crippen LogP contribution in [0.3, 0.4) is 0 Å². The summed E-state index contributed by atoms with van der Waals surface area (Å²) in [6.45, 7) is 0.900. The van der Waals surface area contributed by atoms with E-state index < -0.39 is 17.6 Å². The standard InChI is InChI=1S/C26H31NO4/c1-27-12-11-26-18-14-25(15-28,10-9-16-5-3-2-4-6-16)23(30)24(26)31-22-20(29)8-7-17(21(22)26)13-19(18)27/h2-8,18-19,23-24,28-30H,9-15H2,1H3/t18?,19?,23-,24?,25+,26?/m0/s1. The molecule has 2 aliphatic heterocycles. The summed E-state index contributed by atoms with van der Waals surface area (Å²) in [6, 6.07) is 14.4. The average molecular weight is 422 g/mol. The predicted octanol–water partition coefficient (Wildman–Crippen LogP) is 2.64. The van der Waals surface area contributed by atoms with E-state index in [-0.39, 0.29) is 23.7 Å². The van der Waals surface area contributed by atoms with E-state index in [0.717, 1.165) is 37.8 Å². The molecule has 4 unspecified atom stereocenters. The Bertz CT molecular complexity index is 1010. The Kier molecular flexibility index (Phi) is 4.24. The summed E-state index contributed by atoms with van der Waals surface area (Å²) in [5.74, 6) is 1.04. The highest BCUT2D eigenvalue weighted by Gasteiger charge is 2.69. The first kappa shape index (κ1) is 19.6. The zero-order valence-corrected chi connectivity index (χ0v) is 18.0. The van der Waals surface area contributed by atoms with Gasteiger partial charge in [0.15, 0.2) is 11.5 Å². The first-order chi connectivity index (χ1) is 15.0. The van der Waals surface area contributed by atoms with Crippen LogP contribution in [-0.2, 0) is 18.3 Å². The second-order valence-corrected chi connectivity index (χ2v) is 10.3. The van der Waals surface area contributed by atoms with Crippen LogP contribution in [-0.4, -0.2) is 58.7 Å². The Balaban J connectivity index is 1.45. The van der Waals surface area contributed by atoms with Gasteiger partial charge < -0.3 is 25.0 Å². The second kappa shape index (κ2) is 6.71. The van der Waals surface area contributed by atoms with Crippen molar-refractivity contribution in [3.05, 3.63) is 59.2 Å². The first-order valence-electron chi connectivity index (χ1n) is 11.6. The minimum atomic E-state index is -0.778. The van der Waals surface area contributed by atoms with Gasteiger partial charge >= 0.3 is 0 Å². The van der Waals surface area contributed by atoms with E-state index in [4.69, 9.17) is 4.74 Å². The zero-order chi connectivity index (χ0) is 21.4. The third kappa shape index (κ3) is 2.48. The van der Waals surface area contributed by atoms with E-state index >= 15 is 0 Å². The molecule has 4 aliphatic rings. The number of ether oxygens (including phenoxy) is 1. The Labute approximate surface area is 183 Å². The van der Waals surface area contributed by atoms with E-state index in [0.29, 0.717) is 18.2 Å². The maximum absolute atomic E-state index is 11.8. The maximum Gasteiger partial charge on any atom is 0.165 e. The highest BCUT2D eigenvalue weighted by Crippen LogP contribution is 2.66. The molecule has 2 aromatic rings. The number of aliphatic hydroxyl groups is 2. The molecule has 2 aromatic carbocycles. The molecule has 2 aliphatic carbocycles. The number of hydrogen-bond donors (Lipinski definition) is 3. The van der Waals surface area contributed by atoms with Gasteiger partial charge in [0.25, 0.3) is 0 Å². The van der Waals surface area contributed by atoms with Crippen molar-refractivity contribution >= 4 is 0 Å². The van der Waals surface area contributed by atoms with E-state index in [1.54, 1.807) is 6.07 Å². The molecule has 31 heavy (non-hydrogen) atoms. The molecule has 6 atom stereocenters. The average Bonchev–Trinajstić information content (AvgIpc) is 3.14. The van der Waals surface area contributed by atoms with Gasteiger partial charge in [0.05, 0.1) is 12.7 Å². The van der Waals surface area contributed by atoms with Gasteiger partial charge in [-0.05, 0) is 68.8 Å². The predicted molar refractivity (Wildman–Crippen MR) is 117 cm³/mol. The smallest absolute Gasteiger partial charge is 0.165 e. The highest BCUT2D eigenvalue weighted by molar-refractivity contribution is 5.61. The van der Waals surface area contributed by atoms with Gasteiger partial charge in [0.2, 0.25) is 0 Å². The summed E-state index contributed by atoms with van der Waals surface area (Å²) in [4.78, 5) is 2.46. The van der Waals surface area contributed by atoms with Crippen LogP contribution < -0.4 is 4.74 Å². The van der Waals surface area contributed by atoms with Gasteiger partial charge in [0, 0.05) is 22.4 Å². The fourth-order valence-electron chi connectivity index (χ4n) is 7.41. The molecule has 0 aromatic heterocycles. The van der Waals surface area contributed by atoms with E-state index in [2.05, 4.69) is 24.1 Å². The number of rotatable bonds is 4. The van der Waals surface area contributed by atoms with Crippen LogP contribution in [0.15, 0.2) is 42.5 Å². The van der Waals surface area contributed by atoms with Gasteiger partial charge in [-0.25, -0.2) is 0 Å². The maximum atomic E-state index is 11.8. The van der Waals surface area contributed by atoms with Gasteiger partial charge in [-0.3, -0.25) is 0 Å². The molecule has 2 fully saturated rings. The number of piperidine rings is 1. The van der Waals surface area contributed by atoms with E-state index in [9.17, 15) is 15.3 Å². The fraction of sp³-hybridized carbons (Fsp3) is 0.538. The molecule has 2 heterocycles. The van der Waals surface area contributed by atoms with Crippen molar-refractivity contribution in [3.8, 4) is 11.5 Å². The Morgan fingerprint density at radius 1 is 1.16 bits per heavy atom. The van der Waals surface area contributed by atoms with Crippen LogP contribution in [0.2, 0.25) is 0 Å². The number of likely N-dealkylation sites (N-methyl/N-ethyl adjacent to an activating group) is 1. The number of benzene rings is 2. The monoisotopic (exact) mass is 421 g/mol. The molecule has 1 spiro atoms. The third-order valence-electron chi connectivity index (χ3n) is 9.05. The van der Waals surface area contributed by atoms with Crippen molar-refractivity contribution in [1.82, 2.24) is 4.90 Å². The number of nitrogens with zero attached hydrogens (tertiary/aromatic N) is 1. The summed E-state index contributed by atoms with van der Waals surface area (Å²) in [5, 5.41) is 33.0. The zero-order valence-electron chi connectivity index (χ0n) is 18.0. The summed E-state index contributed by atoms with van der Waals surface area (Å²) < 4.78 is 6.44. The minimum absolute atomic E-state index is 0.0565. The Hall–Kier alpha value is -2.08. The van der Waals surface area contributed by atoms with E-state index in [1.165, 1.54) is 11.1 Å². The SMILES string of the molecule is CN1CCC23c4c5ccc(O)c4OC2[C@H](O)[C@](CO)(CCc2ccccc2)CC3C1C5. The van der Waals surface area contributed by atoms with Crippen LogP contribution in [0.4, 0.5) is 0 Å². The van der Waals surface area contributed by atoms with Crippen molar-refractivity contribution in [3.63, 3.8) is 0 Å². The van der Waals surface area contributed by atoms with Gasteiger partial charge in [-0.2, -0.15) is 0 Å². The number of phenols is 1. The molecule has 3 N–H and O–H groups in total. The third-order valence-corrected chi connectivity index (χ3v) is 9.05. The molecule has 2 bridgehead atoms. The van der Waals surface area contributed by atoms with Crippen LogP contribution in [0.25, 0.3) is 0 Å². The molecule has 0 radical (unpaired) electrons. The van der Waals surface area contributed by atoms with Crippen molar-refractivity contribution in [1.29, 1.82) is 0 Å². The van der Waals surface area contributed by atoms with Crippen LogP contribution >= 0.6 is 0 Å². The van der Waals surface area contributed by atoms with Crippen molar-refractivity contribution in [2.24, 2.45) is 11.3 Å². The van der Waals surface area contributed by atoms with Gasteiger partial charge in [-0.15, -0.1) is 0 Å². The number of likely N-dealkylation sites (tertiary alicyclic amines) is 1.